The zero-order valence-electron chi connectivity index (χ0n) is 4.99. The summed E-state index contributed by atoms with van der Waals surface area (Å²) >= 11 is 0.0139. The Kier molecular flexibility index (Phi) is 10.7. The molecule has 0 aliphatic carbocycles. The topological polar surface area (TPSA) is 0 Å². The first kappa shape index (κ1) is 10.3. The number of rotatable bonds is 1. The number of hydrogen-bond donors (Lipinski definition) is 0. The first-order valence-electron chi connectivity index (χ1n) is 2.27. The molecule has 6 heavy (non-hydrogen) atoms. The van der Waals surface area contributed by atoms with Crippen LogP contribution < -0.4 is 0 Å². The minimum atomic E-state index is 0. The van der Waals surface area contributed by atoms with Crippen LogP contribution in [0.15, 0.2) is 0 Å². The average molecular weight is 189 g/mol. The molecular formula is C4H10Zn2. The second-order valence-electron chi connectivity index (χ2n) is 1.80. The zero-order chi connectivity index (χ0) is 4.28. The molecule has 0 fully saturated rings. The van der Waals surface area contributed by atoms with E-state index in [9.17, 15) is 0 Å². The van der Waals surface area contributed by atoms with Crippen molar-refractivity contribution in [1.82, 2.24) is 0 Å². The second-order valence-corrected chi connectivity index (χ2v) is 6.94. The largest absolute Gasteiger partial charge is 0 e. The third-order valence-electron chi connectivity index (χ3n) is 0.816. The van der Waals surface area contributed by atoms with E-state index in [1.54, 1.807) is 0 Å². The molecule has 0 radical (unpaired) electrons. The Labute approximate surface area is 60.4 Å². The summed E-state index contributed by atoms with van der Waals surface area (Å²) in [6.07, 6.45) is 0. The molecule has 0 bridgehead atoms. The van der Waals surface area contributed by atoms with Gasteiger partial charge in [0.25, 0.3) is 0 Å². The van der Waals surface area contributed by atoms with Crippen molar-refractivity contribution in [3.8, 4) is 0 Å². The van der Waals surface area contributed by atoms with Crippen molar-refractivity contribution >= 4 is 0 Å². The van der Waals surface area contributed by atoms with E-state index in [0.717, 1.165) is 4.51 Å². The predicted molar refractivity (Wildman–Crippen MR) is 21.0 cm³/mol. The van der Waals surface area contributed by atoms with Crippen LogP contribution in [0.3, 0.4) is 0 Å². The van der Waals surface area contributed by atoms with Gasteiger partial charge in [0.1, 0.15) is 0 Å². The molecule has 0 atom stereocenters. The van der Waals surface area contributed by atoms with Gasteiger partial charge in [-0.15, -0.1) is 0 Å². The molecule has 0 aliphatic rings. The maximum absolute atomic E-state index is 2.39. The minimum Gasteiger partial charge on any atom is 0 e. The summed E-state index contributed by atoms with van der Waals surface area (Å²) in [5.41, 5.74) is 2.39. The van der Waals surface area contributed by atoms with Gasteiger partial charge in [-0.2, -0.15) is 0 Å². The standard InChI is InChI=1S/C3H7.CH3.2Zn/c1-3-2;;;/h3H,1-2H3;1H3;;. The van der Waals surface area contributed by atoms with E-state index in [1.165, 1.54) is 0 Å². The van der Waals surface area contributed by atoms with Crippen LogP contribution in [-0.2, 0) is 36.6 Å². The monoisotopic (exact) mass is 186 g/mol. The smallest absolute Gasteiger partial charge is 0 e. The second kappa shape index (κ2) is 6.25. The van der Waals surface area contributed by atoms with Crippen molar-refractivity contribution in [2.45, 2.75) is 23.9 Å². The molecule has 0 rings (SSSR count). The molecule has 0 aromatic heterocycles. The molecule has 0 saturated heterocycles. The fourth-order valence-corrected chi connectivity index (χ4v) is 0. The molecule has 0 saturated carbocycles. The Hall–Kier alpha value is 1.25. The van der Waals surface area contributed by atoms with Crippen LogP contribution in [0, 0.1) is 0 Å². The van der Waals surface area contributed by atoms with Gasteiger partial charge in [-0.1, -0.05) is 0 Å². The molecule has 0 spiro atoms. The summed E-state index contributed by atoms with van der Waals surface area (Å²) in [4.78, 5) is 0. The van der Waals surface area contributed by atoms with Crippen molar-refractivity contribution in [2.24, 2.45) is 0 Å². The summed E-state index contributed by atoms with van der Waals surface area (Å²) < 4.78 is 1.07. The molecule has 0 aromatic rings. The average Bonchev–Trinajstić information content (AvgIpc) is 1.38. The quantitative estimate of drug-likeness (QED) is 0.552. The third-order valence-corrected chi connectivity index (χ3v) is 4.24. The van der Waals surface area contributed by atoms with Crippen LogP contribution >= 0.6 is 0 Å². The Morgan fingerprint density at radius 2 is 1.50 bits per heavy atom. The summed E-state index contributed by atoms with van der Waals surface area (Å²) in [7, 11) is 0. The predicted octanol–water partition coefficient (Wildman–Crippen LogP) is 1.94. The Morgan fingerprint density at radius 3 is 1.50 bits per heavy atom. The van der Waals surface area contributed by atoms with Gasteiger partial charge in [0.15, 0.2) is 0 Å². The van der Waals surface area contributed by atoms with E-state index in [1.807, 2.05) is 0 Å². The van der Waals surface area contributed by atoms with E-state index >= 15 is 0 Å². The molecule has 0 unspecified atom stereocenters. The van der Waals surface area contributed by atoms with Crippen LogP contribution in [0.4, 0.5) is 0 Å². The Balaban J connectivity index is 0. The van der Waals surface area contributed by atoms with Crippen LogP contribution in [0.25, 0.3) is 0 Å². The maximum atomic E-state index is 2.39. The Bertz CT molecular complexity index is 19.5. The molecular weight excluding hydrogens is 179 g/mol. The third kappa shape index (κ3) is 8.98. The summed E-state index contributed by atoms with van der Waals surface area (Å²) in [6.45, 7) is 4.61. The van der Waals surface area contributed by atoms with Gasteiger partial charge >= 0.3 is 41.0 Å². The minimum absolute atomic E-state index is 0. The van der Waals surface area contributed by atoms with E-state index in [-0.39, 0.29) is 36.6 Å². The van der Waals surface area contributed by atoms with Crippen molar-refractivity contribution < 1.29 is 36.6 Å². The van der Waals surface area contributed by atoms with Crippen molar-refractivity contribution in [1.29, 1.82) is 0 Å². The van der Waals surface area contributed by atoms with Gasteiger partial charge in [-0.05, 0) is 0 Å². The molecule has 0 amide bonds. The van der Waals surface area contributed by atoms with Crippen LogP contribution in [0.5, 0.6) is 0 Å². The molecule has 0 aliphatic heterocycles. The SMILES string of the molecule is [CH3][Zn][CH](C)C.[Zn]. The Morgan fingerprint density at radius 1 is 1.33 bits per heavy atom. The van der Waals surface area contributed by atoms with Gasteiger partial charge in [0, 0.05) is 19.5 Å². The molecule has 30 valence electrons. The van der Waals surface area contributed by atoms with Crippen molar-refractivity contribution in [3.05, 3.63) is 0 Å². The first-order chi connectivity index (χ1) is 2.27. The normalized spacial score (nSPS) is 6.67. The number of hydrogen-bond acceptors (Lipinski definition) is 0. The van der Waals surface area contributed by atoms with Crippen molar-refractivity contribution in [3.63, 3.8) is 0 Å². The molecule has 0 nitrogen and oxygen atoms in total. The molecule has 0 N–H and O–H groups in total. The molecule has 0 heterocycles. The van der Waals surface area contributed by atoms with E-state index in [0.29, 0.717) is 0 Å². The van der Waals surface area contributed by atoms with Gasteiger partial charge in [0.2, 0.25) is 0 Å². The van der Waals surface area contributed by atoms with E-state index in [2.05, 4.69) is 19.4 Å². The van der Waals surface area contributed by atoms with Gasteiger partial charge in [-0.25, -0.2) is 0 Å². The maximum Gasteiger partial charge on any atom is 0 e. The summed E-state index contributed by atoms with van der Waals surface area (Å²) in [5, 5.41) is 0. The summed E-state index contributed by atoms with van der Waals surface area (Å²) in [5.74, 6) is 0. The van der Waals surface area contributed by atoms with Gasteiger partial charge in [0.05, 0.1) is 0 Å². The molecule has 0 aromatic carbocycles. The van der Waals surface area contributed by atoms with E-state index in [4.69, 9.17) is 0 Å². The zero-order valence-corrected chi connectivity index (χ0v) is 10.9. The first-order valence-corrected chi connectivity index (χ1v) is 6.95. The van der Waals surface area contributed by atoms with Crippen LogP contribution in [-0.4, -0.2) is 0 Å². The summed E-state index contributed by atoms with van der Waals surface area (Å²) in [6, 6.07) is 0. The van der Waals surface area contributed by atoms with Crippen molar-refractivity contribution in [2.75, 3.05) is 0 Å². The van der Waals surface area contributed by atoms with E-state index < -0.39 is 0 Å². The van der Waals surface area contributed by atoms with Crippen LogP contribution in [0.1, 0.15) is 13.8 Å². The van der Waals surface area contributed by atoms with Gasteiger partial charge < -0.3 is 0 Å². The van der Waals surface area contributed by atoms with Gasteiger partial charge in [-0.3, -0.25) is 0 Å². The fraction of sp³-hybridized carbons (Fsp3) is 1.00. The molecule has 2 heteroatoms. The fourth-order valence-electron chi connectivity index (χ4n) is 0. The van der Waals surface area contributed by atoms with Crippen LogP contribution in [0.2, 0.25) is 10.0 Å².